The van der Waals surface area contributed by atoms with E-state index in [1.54, 1.807) is 24.2 Å². The molecule has 0 saturated carbocycles. The van der Waals surface area contributed by atoms with Crippen LogP contribution >= 0.6 is 23.4 Å². The number of pyridine rings is 1. The molecule has 4 heteroatoms. The van der Waals surface area contributed by atoms with Crippen LogP contribution < -0.4 is 0 Å². The molecule has 0 aromatic carbocycles. The quantitative estimate of drug-likeness (QED) is 0.760. The molecule has 0 spiro atoms. The van der Waals surface area contributed by atoms with Gasteiger partial charge in [0.25, 0.3) is 0 Å². The van der Waals surface area contributed by atoms with E-state index in [0.29, 0.717) is 5.02 Å². The number of rotatable bonds is 4. The van der Waals surface area contributed by atoms with Gasteiger partial charge in [0.1, 0.15) is 0 Å². The molecule has 0 atom stereocenters. The fourth-order valence-electron chi connectivity index (χ4n) is 0.768. The summed E-state index contributed by atoms with van der Waals surface area (Å²) in [7, 11) is 0. The lowest BCUT2D eigenvalue weighted by molar-refractivity contribution is 0.322. The van der Waals surface area contributed by atoms with Crippen LogP contribution in [-0.4, -0.2) is 22.5 Å². The summed E-state index contributed by atoms with van der Waals surface area (Å²) < 4.78 is 0. The van der Waals surface area contributed by atoms with Crippen LogP contribution in [0.1, 0.15) is 5.56 Å². The molecule has 1 heterocycles. The van der Waals surface area contributed by atoms with Crippen molar-refractivity contribution in [1.82, 2.24) is 4.98 Å². The summed E-state index contributed by atoms with van der Waals surface area (Å²) in [5.74, 6) is 1.58. The lowest BCUT2D eigenvalue weighted by atomic mass is 10.3. The number of nitrogens with zero attached hydrogens (tertiary/aromatic N) is 1. The highest BCUT2D eigenvalue weighted by molar-refractivity contribution is 7.98. The minimum atomic E-state index is 0.216. The molecule has 0 aliphatic heterocycles. The van der Waals surface area contributed by atoms with E-state index in [-0.39, 0.29) is 6.61 Å². The standard InChI is InChI=1S/C8H10ClNOS/c9-8-5-10-2-1-7(8)6-12-4-3-11/h1-2,5,11H,3-4,6H2. The van der Waals surface area contributed by atoms with Crippen LogP contribution in [0, 0.1) is 0 Å². The summed E-state index contributed by atoms with van der Waals surface area (Å²) in [5, 5.41) is 9.24. The van der Waals surface area contributed by atoms with Gasteiger partial charge in [0.2, 0.25) is 0 Å². The van der Waals surface area contributed by atoms with Crippen LogP contribution in [0.25, 0.3) is 0 Å². The molecule has 1 aromatic heterocycles. The minimum absolute atomic E-state index is 0.216. The molecule has 0 bridgehead atoms. The van der Waals surface area contributed by atoms with Gasteiger partial charge < -0.3 is 5.11 Å². The van der Waals surface area contributed by atoms with E-state index in [1.807, 2.05) is 6.07 Å². The average molecular weight is 204 g/mol. The van der Waals surface area contributed by atoms with Gasteiger partial charge in [0.15, 0.2) is 0 Å². The van der Waals surface area contributed by atoms with Gasteiger partial charge in [-0.1, -0.05) is 11.6 Å². The monoisotopic (exact) mass is 203 g/mol. The van der Waals surface area contributed by atoms with E-state index in [4.69, 9.17) is 16.7 Å². The van der Waals surface area contributed by atoms with Crippen LogP contribution in [0.5, 0.6) is 0 Å². The van der Waals surface area contributed by atoms with E-state index in [0.717, 1.165) is 17.1 Å². The van der Waals surface area contributed by atoms with Crippen molar-refractivity contribution >= 4 is 23.4 Å². The molecule has 0 radical (unpaired) electrons. The molecular weight excluding hydrogens is 194 g/mol. The molecule has 0 unspecified atom stereocenters. The fourth-order valence-corrected chi connectivity index (χ4v) is 1.78. The Hall–Kier alpha value is -0.250. The summed E-state index contributed by atoms with van der Waals surface area (Å²) in [6, 6.07) is 1.90. The van der Waals surface area contributed by atoms with Crippen molar-refractivity contribution in [3.8, 4) is 0 Å². The first-order valence-corrected chi connectivity index (χ1v) is 5.15. The van der Waals surface area contributed by atoms with Crippen molar-refractivity contribution in [2.45, 2.75) is 5.75 Å². The van der Waals surface area contributed by atoms with Crippen LogP contribution in [0.3, 0.4) is 0 Å². The van der Waals surface area contributed by atoms with Crippen molar-refractivity contribution in [2.24, 2.45) is 0 Å². The maximum Gasteiger partial charge on any atom is 0.0629 e. The molecular formula is C8H10ClNOS. The zero-order valence-electron chi connectivity index (χ0n) is 6.53. The van der Waals surface area contributed by atoms with E-state index in [2.05, 4.69) is 4.98 Å². The van der Waals surface area contributed by atoms with E-state index >= 15 is 0 Å². The summed E-state index contributed by atoms with van der Waals surface area (Å²) in [6.45, 7) is 0.216. The second-order valence-corrected chi connectivity index (χ2v) is 3.76. The molecule has 66 valence electrons. The van der Waals surface area contributed by atoms with Crippen molar-refractivity contribution in [3.63, 3.8) is 0 Å². The highest BCUT2D eigenvalue weighted by Crippen LogP contribution is 2.19. The number of aliphatic hydroxyl groups excluding tert-OH is 1. The maximum atomic E-state index is 8.55. The molecule has 1 rings (SSSR count). The first-order valence-electron chi connectivity index (χ1n) is 3.61. The number of aliphatic hydroxyl groups is 1. The second-order valence-electron chi connectivity index (χ2n) is 2.24. The Kier molecular flexibility index (Phi) is 4.43. The fraction of sp³-hybridized carbons (Fsp3) is 0.375. The molecule has 0 fully saturated rings. The lowest BCUT2D eigenvalue weighted by Crippen LogP contribution is -1.89. The Morgan fingerprint density at radius 1 is 1.58 bits per heavy atom. The van der Waals surface area contributed by atoms with Gasteiger partial charge in [-0.05, 0) is 11.6 Å². The minimum Gasteiger partial charge on any atom is -0.396 e. The number of halogens is 1. The summed E-state index contributed by atoms with van der Waals surface area (Å²) in [6.07, 6.45) is 3.36. The van der Waals surface area contributed by atoms with Gasteiger partial charge in [0.05, 0.1) is 11.6 Å². The Bertz CT molecular complexity index is 244. The highest BCUT2D eigenvalue weighted by Gasteiger charge is 1.98. The zero-order chi connectivity index (χ0) is 8.81. The van der Waals surface area contributed by atoms with E-state index < -0.39 is 0 Å². The molecule has 0 aliphatic rings. The third kappa shape index (κ3) is 3.01. The summed E-state index contributed by atoms with van der Waals surface area (Å²) >= 11 is 7.52. The van der Waals surface area contributed by atoms with Crippen LogP contribution in [0.2, 0.25) is 5.02 Å². The molecule has 0 amide bonds. The molecule has 0 aliphatic carbocycles. The number of hydrogen-bond acceptors (Lipinski definition) is 3. The van der Waals surface area contributed by atoms with Crippen LogP contribution in [0.4, 0.5) is 0 Å². The zero-order valence-corrected chi connectivity index (χ0v) is 8.11. The average Bonchev–Trinajstić information content (AvgIpc) is 2.09. The van der Waals surface area contributed by atoms with Crippen molar-refractivity contribution < 1.29 is 5.11 Å². The predicted octanol–water partition coefficient (Wildman–Crippen LogP) is 1.96. The van der Waals surface area contributed by atoms with Crippen molar-refractivity contribution in [2.75, 3.05) is 12.4 Å². The maximum absolute atomic E-state index is 8.55. The molecule has 0 saturated heterocycles. The smallest absolute Gasteiger partial charge is 0.0629 e. The van der Waals surface area contributed by atoms with Gasteiger partial charge >= 0.3 is 0 Å². The summed E-state index contributed by atoms with van der Waals surface area (Å²) in [5.41, 5.74) is 1.07. The Balaban J connectivity index is 2.46. The number of thioether (sulfide) groups is 1. The largest absolute Gasteiger partial charge is 0.396 e. The van der Waals surface area contributed by atoms with Gasteiger partial charge in [-0.15, -0.1) is 0 Å². The highest BCUT2D eigenvalue weighted by atomic mass is 35.5. The first-order chi connectivity index (χ1) is 5.84. The van der Waals surface area contributed by atoms with Crippen LogP contribution in [-0.2, 0) is 5.75 Å². The normalized spacial score (nSPS) is 10.2. The number of hydrogen-bond donors (Lipinski definition) is 1. The first kappa shape index (κ1) is 9.84. The Morgan fingerprint density at radius 3 is 3.08 bits per heavy atom. The molecule has 2 nitrogen and oxygen atoms in total. The van der Waals surface area contributed by atoms with E-state index in [1.165, 1.54) is 0 Å². The Morgan fingerprint density at radius 2 is 2.42 bits per heavy atom. The van der Waals surface area contributed by atoms with Gasteiger partial charge in [-0.2, -0.15) is 11.8 Å². The molecule has 12 heavy (non-hydrogen) atoms. The SMILES string of the molecule is OCCSCc1ccncc1Cl. The van der Waals surface area contributed by atoms with E-state index in [9.17, 15) is 0 Å². The number of aromatic nitrogens is 1. The van der Waals surface area contributed by atoms with Gasteiger partial charge in [-0.25, -0.2) is 0 Å². The third-order valence-electron chi connectivity index (χ3n) is 1.35. The Labute approximate surface area is 81.0 Å². The second kappa shape index (κ2) is 5.41. The van der Waals surface area contributed by atoms with Crippen molar-refractivity contribution in [1.29, 1.82) is 0 Å². The van der Waals surface area contributed by atoms with Gasteiger partial charge in [-0.3, -0.25) is 4.98 Å². The lowest BCUT2D eigenvalue weighted by Gasteiger charge is -2.01. The topological polar surface area (TPSA) is 33.1 Å². The van der Waals surface area contributed by atoms with Gasteiger partial charge in [0, 0.05) is 23.9 Å². The molecule has 1 N–H and O–H groups in total. The third-order valence-corrected chi connectivity index (χ3v) is 2.68. The van der Waals surface area contributed by atoms with Crippen LogP contribution in [0.15, 0.2) is 18.5 Å². The predicted molar refractivity (Wildman–Crippen MR) is 52.5 cm³/mol. The molecule has 1 aromatic rings. The summed E-state index contributed by atoms with van der Waals surface area (Å²) in [4.78, 5) is 3.88. The van der Waals surface area contributed by atoms with Crippen molar-refractivity contribution in [3.05, 3.63) is 29.0 Å².